The van der Waals surface area contributed by atoms with Crippen LogP contribution in [-0.2, 0) is 9.53 Å². The average molecular weight is 276 g/mol. The van der Waals surface area contributed by atoms with E-state index in [1.165, 1.54) is 13.2 Å². The highest BCUT2D eigenvalue weighted by Crippen LogP contribution is 2.23. The van der Waals surface area contributed by atoms with Crippen molar-refractivity contribution in [1.29, 1.82) is 0 Å². The van der Waals surface area contributed by atoms with Gasteiger partial charge in [0.25, 0.3) is 0 Å². The molecule has 0 bridgehead atoms. The number of hydrogen-bond donors (Lipinski definition) is 0. The quantitative estimate of drug-likeness (QED) is 0.611. The largest absolute Gasteiger partial charge is 0.466 e. The second kappa shape index (κ2) is 5.17. The van der Waals surface area contributed by atoms with Crippen LogP contribution in [0.25, 0.3) is 6.08 Å². The van der Waals surface area contributed by atoms with Gasteiger partial charge in [0.1, 0.15) is 0 Å². The zero-order valence-electron chi connectivity index (χ0n) is 7.46. The van der Waals surface area contributed by atoms with Crippen LogP contribution in [0.15, 0.2) is 28.7 Å². The summed E-state index contributed by atoms with van der Waals surface area (Å²) in [7, 11) is 1.33. The van der Waals surface area contributed by atoms with Gasteiger partial charge in [-0.3, -0.25) is 0 Å². The molecule has 0 N–H and O–H groups in total. The Morgan fingerprint density at radius 1 is 1.57 bits per heavy atom. The Hall–Kier alpha value is -0.800. The summed E-state index contributed by atoms with van der Waals surface area (Å²) in [4.78, 5) is 10.8. The molecule has 0 saturated heterocycles. The van der Waals surface area contributed by atoms with E-state index >= 15 is 0 Å². The van der Waals surface area contributed by atoms with Crippen LogP contribution < -0.4 is 0 Å². The Labute approximate surface area is 95.6 Å². The predicted molar refractivity (Wildman–Crippen MR) is 60.2 cm³/mol. The molecule has 1 rings (SSSR count). The van der Waals surface area contributed by atoms with Gasteiger partial charge < -0.3 is 4.74 Å². The van der Waals surface area contributed by atoms with Crippen molar-refractivity contribution in [3.63, 3.8) is 0 Å². The van der Waals surface area contributed by atoms with Gasteiger partial charge >= 0.3 is 5.97 Å². The van der Waals surface area contributed by atoms with E-state index in [0.29, 0.717) is 5.02 Å². The molecule has 0 fully saturated rings. The molecule has 0 unspecified atom stereocenters. The van der Waals surface area contributed by atoms with E-state index in [-0.39, 0.29) is 5.97 Å². The van der Waals surface area contributed by atoms with Gasteiger partial charge in [-0.2, -0.15) is 0 Å². The molecule has 0 aliphatic carbocycles. The molecule has 0 atom stereocenters. The molecule has 4 heteroatoms. The molecule has 74 valence electrons. The lowest BCUT2D eigenvalue weighted by Crippen LogP contribution is -1.93. The number of carbonyl (C=O) groups excluding carboxylic acids is 1. The third kappa shape index (κ3) is 3.16. The first-order chi connectivity index (χ1) is 6.63. The van der Waals surface area contributed by atoms with E-state index in [1.54, 1.807) is 12.1 Å². The maximum absolute atomic E-state index is 10.8. The zero-order valence-corrected chi connectivity index (χ0v) is 9.80. The Morgan fingerprint density at radius 3 is 2.86 bits per heavy atom. The van der Waals surface area contributed by atoms with Crippen LogP contribution in [0.3, 0.4) is 0 Å². The van der Waals surface area contributed by atoms with E-state index in [9.17, 15) is 4.79 Å². The van der Waals surface area contributed by atoms with Gasteiger partial charge in [0.15, 0.2) is 0 Å². The van der Waals surface area contributed by atoms with Gasteiger partial charge in [0, 0.05) is 10.5 Å². The molecule has 14 heavy (non-hydrogen) atoms. The van der Waals surface area contributed by atoms with Gasteiger partial charge in [0.05, 0.1) is 12.1 Å². The first kappa shape index (κ1) is 11.3. The number of rotatable bonds is 2. The van der Waals surface area contributed by atoms with Crippen molar-refractivity contribution in [2.45, 2.75) is 0 Å². The zero-order chi connectivity index (χ0) is 10.6. The molecule has 0 spiro atoms. The summed E-state index contributed by atoms with van der Waals surface area (Å²) in [5.41, 5.74) is 0.851. The van der Waals surface area contributed by atoms with E-state index in [0.717, 1.165) is 10.0 Å². The number of hydrogen-bond acceptors (Lipinski definition) is 2. The fourth-order valence-corrected chi connectivity index (χ4v) is 1.28. The molecule has 0 saturated carbocycles. The predicted octanol–water partition coefficient (Wildman–Crippen LogP) is 3.29. The van der Waals surface area contributed by atoms with Crippen LogP contribution >= 0.6 is 27.5 Å². The summed E-state index contributed by atoms with van der Waals surface area (Å²) in [5.74, 6) is -0.385. The molecule has 1 aromatic carbocycles. The smallest absolute Gasteiger partial charge is 0.330 e. The maximum Gasteiger partial charge on any atom is 0.330 e. The molecule has 1 aromatic rings. The van der Waals surface area contributed by atoms with Gasteiger partial charge in [-0.15, -0.1) is 0 Å². The highest BCUT2D eigenvalue weighted by molar-refractivity contribution is 9.10. The van der Waals surface area contributed by atoms with Crippen LogP contribution in [-0.4, -0.2) is 13.1 Å². The monoisotopic (exact) mass is 274 g/mol. The first-order valence-corrected chi connectivity index (χ1v) is 5.01. The highest BCUT2D eigenvalue weighted by Gasteiger charge is 1.97. The van der Waals surface area contributed by atoms with Gasteiger partial charge in [0.2, 0.25) is 0 Å². The van der Waals surface area contributed by atoms with Crippen molar-refractivity contribution in [2.75, 3.05) is 7.11 Å². The normalized spacial score (nSPS) is 10.5. The fraction of sp³-hybridized carbons (Fsp3) is 0.100. The Balaban J connectivity index is 2.83. The summed E-state index contributed by atoms with van der Waals surface area (Å²) >= 11 is 9.14. The third-order valence-electron chi connectivity index (χ3n) is 1.56. The summed E-state index contributed by atoms with van der Waals surface area (Å²) in [5, 5.41) is 0.608. The minimum Gasteiger partial charge on any atom is -0.466 e. The molecule has 0 amide bonds. The van der Waals surface area contributed by atoms with Crippen LogP contribution in [0.5, 0.6) is 0 Å². The third-order valence-corrected chi connectivity index (χ3v) is 2.79. The van der Waals surface area contributed by atoms with Crippen molar-refractivity contribution >= 4 is 39.6 Å². The molecule has 0 aliphatic rings. The van der Waals surface area contributed by atoms with E-state index < -0.39 is 0 Å². The Morgan fingerprint density at radius 2 is 2.29 bits per heavy atom. The number of ether oxygens (including phenoxy) is 1. The first-order valence-electron chi connectivity index (χ1n) is 3.84. The van der Waals surface area contributed by atoms with E-state index in [4.69, 9.17) is 11.6 Å². The highest BCUT2D eigenvalue weighted by atomic mass is 79.9. The molecule has 0 heterocycles. The minimum absolute atomic E-state index is 0.385. The number of esters is 1. The lowest BCUT2D eigenvalue weighted by atomic mass is 10.2. The standard InChI is InChI=1S/C10H8BrClO2/c1-14-10(13)5-3-7-2-4-8(11)9(12)6-7/h2-6H,1H3. The Kier molecular flexibility index (Phi) is 4.17. The molecule has 0 aromatic heterocycles. The van der Waals surface area contributed by atoms with Crippen molar-refractivity contribution in [3.8, 4) is 0 Å². The second-order valence-corrected chi connectivity index (χ2v) is 3.79. The van der Waals surface area contributed by atoms with Crippen molar-refractivity contribution in [2.24, 2.45) is 0 Å². The van der Waals surface area contributed by atoms with E-state index in [1.807, 2.05) is 12.1 Å². The Bertz CT molecular complexity index is 374. The molecule has 2 nitrogen and oxygen atoms in total. The van der Waals surface area contributed by atoms with E-state index in [2.05, 4.69) is 20.7 Å². The van der Waals surface area contributed by atoms with Crippen molar-refractivity contribution in [1.82, 2.24) is 0 Å². The van der Waals surface area contributed by atoms with Crippen LogP contribution in [0.4, 0.5) is 0 Å². The van der Waals surface area contributed by atoms with Gasteiger partial charge in [-0.25, -0.2) is 4.79 Å². The fourth-order valence-electron chi connectivity index (χ4n) is 0.848. The second-order valence-electron chi connectivity index (χ2n) is 2.53. The van der Waals surface area contributed by atoms with Crippen LogP contribution in [0, 0.1) is 0 Å². The number of benzene rings is 1. The number of halogens is 2. The summed E-state index contributed by atoms with van der Waals surface area (Å²) in [6.45, 7) is 0. The summed E-state index contributed by atoms with van der Waals surface area (Å²) in [6, 6.07) is 5.42. The number of carbonyl (C=O) groups is 1. The summed E-state index contributed by atoms with van der Waals surface area (Å²) < 4.78 is 5.29. The van der Waals surface area contributed by atoms with Gasteiger partial charge in [-0.05, 0) is 39.7 Å². The van der Waals surface area contributed by atoms with Gasteiger partial charge in [-0.1, -0.05) is 17.7 Å². The lowest BCUT2D eigenvalue weighted by molar-refractivity contribution is -0.134. The van der Waals surface area contributed by atoms with Crippen LogP contribution in [0.1, 0.15) is 5.56 Å². The minimum atomic E-state index is -0.385. The van der Waals surface area contributed by atoms with Crippen molar-refractivity contribution < 1.29 is 9.53 Å². The molecule has 0 radical (unpaired) electrons. The maximum atomic E-state index is 10.8. The molecule has 0 aliphatic heterocycles. The molecular formula is C10H8BrClO2. The topological polar surface area (TPSA) is 26.3 Å². The lowest BCUT2D eigenvalue weighted by Gasteiger charge is -1.97. The SMILES string of the molecule is COC(=O)C=Cc1ccc(Br)c(Cl)c1. The summed E-state index contributed by atoms with van der Waals surface area (Å²) in [6.07, 6.45) is 2.99. The molecular weight excluding hydrogens is 267 g/mol. The van der Waals surface area contributed by atoms with Crippen molar-refractivity contribution in [3.05, 3.63) is 39.3 Å². The van der Waals surface area contributed by atoms with Crippen LogP contribution in [0.2, 0.25) is 5.02 Å². The number of methoxy groups -OCH3 is 1. The average Bonchev–Trinajstić information content (AvgIpc) is 2.19.